The molecular formula is C66H88FN15O14S. The lowest BCUT2D eigenvalue weighted by Gasteiger charge is -2.33. The van der Waals surface area contributed by atoms with Crippen LogP contribution in [0.1, 0.15) is 141 Å². The molecule has 9 amide bonds. The summed E-state index contributed by atoms with van der Waals surface area (Å²) in [6.45, 7) is 1.67. The molecule has 0 radical (unpaired) electrons. The summed E-state index contributed by atoms with van der Waals surface area (Å²) in [7, 11) is 0. The van der Waals surface area contributed by atoms with E-state index < -0.39 is 82.3 Å². The van der Waals surface area contributed by atoms with Gasteiger partial charge < -0.3 is 78.4 Å². The highest BCUT2D eigenvalue weighted by Gasteiger charge is 2.28. The second-order valence-electron chi connectivity index (χ2n) is 23.7. The second kappa shape index (κ2) is 38.9. The number of unbranched alkanes of at least 4 members (excludes halogenated alkanes) is 3. The van der Waals surface area contributed by atoms with Gasteiger partial charge in [-0.25, -0.2) is 0 Å². The van der Waals surface area contributed by atoms with Crippen molar-refractivity contribution in [1.29, 1.82) is 0 Å². The van der Waals surface area contributed by atoms with E-state index in [-0.39, 0.29) is 212 Å². The number of aldehydes is 1. The number of amides is 9. The van der Waals surface area contributed by atoms with E-state index in [9.17, 15) is 72.9 Å². The van der Waals surface area contributed by atoms with Crippen molar-refractivity contribution in [3.8, 4) is 23.0 Å². The number of nitrogens with zero attached hydrogens (tertiary/aromatic N) is 4. The maximum atomic E-state index is 14.6. The van der Waals surface area contributed by atoms with E-state index in [1.807, 2.05) is 19.6 Å². The van der Waals surface area contributed by atoms with Crippen molar-refractivity contribution in [3.63, 3.8) is 0 Å². The van der Waals surface area contributed by atoms with Gasteiger partial charge in [-0.05, 0) is 106 Å². The van der Waals surface area contributed by atoms with Crippen LogP contribution in [0.4, 0.5) is 4.48 Å². The van der Waals surface area contributed by atoms with E-state index >= 15 is 0 Å². The standard InChI is InChI=1S/C66H88FN15O14S/c67-78-66(97)75-23-5-2-12-44-42-82-35-29-74-61(92)48-16-8-14-46(55(48)86)59(90)70-25-31-80(33-27-72-63(94)50-18-10-20-52(57(50)88)65(96)77-44)37-36-79-30-24-69-58(89)45-13-7-15-47(54(45)85)60(91)73-28-34-81(38-39-82)41-43(11-1-4-22-68-53(84)21-3-6-40-83)76-64(95)51-19-9-17-49(56(51)87)62(93)71-26-32-79/h7-10,13-20,40,43-44,85-88H,1-6,11-12,21-39,41-42H2,(H,68,84)(H,69,89)(H,70,90)(H,71,93)(H,72,94)(H,73,91)(H,74,92)(H,76,95)(H,77,96)(H2,75,78,97). The first-order valence-electron chi connectivity index (χ1n) is 32.7. The Morgan fingerprint density at radius 3 is 1.03 bits per heavy atom. The Labute approximate surface area is 566 Å². The quantitative estimate of drug-likeness (QED) is 0.0356. The fourth-order valence-electron chi connectivity index (χ4n) is 11.5. The van der Waals surface area contributed by atoms with Crippen LogP contribution in [0.2, 0.25) is 0 Å². The molecule has 0 spiro atoms. The fourth-order valence-corrected chi connectivity index (χ4v) is 11.6. The van der Waals surface area contributed by atoms with Crippen LogP contribution < -0.4 is 58.7 Å². The molecule has 4 aliphatic heterocycles. The molecule has 0 aliphatic carbocycles. The largest absolute Gasteiger partial charge is 0.506 e. The molecule has 12 bridgehead atoms. The molecule has 31 heteroatoms. The summed E-state index contributed by atoms with van der Waals surface area (Å²) < 4.78 is 13.1. The Morgan fingerprint density at radius 1 is 0.433 bits per heavy atom. The predicted molar refractivity (Wildman–Crippen MR) is 360 cm³/mol. The maximum Gasteiger partial charge on any atom is 0.255 e. The number of carbonyl (C=O) groups excluding carboxylic acids is 10. The topological polar surface area (TPSA) is 397 Å². The average Bonchev–Trinajstić information content (AvgIpc) is 0.884. The molecule has 29 nitrogen and oxygen atoms in total. The van der Waals surface area contributed by atoms with Crippen molar-refractivity contribution in [3.05, 3.63) is 117 Å². The van der Waals surface area contributed by atoms with E-state index in [1.165, 1.54) is 78.3 Å². The molecule has 0 aromatic heterocycles. The molecule has 0 saturated heterocycles. The van der Waals surface area contributed by atoms with Gasteiger partial charge in [0.2, 0.25) is 5.91 Å². The number of thiocarbonyl (C=S) groups is 1. The Balaban J connectivity index is 1.36. The Kier molecular flexibility index (Phi) is 30.0. The lowest BCUT2D eigenvalue weighted by Crippen LogP contribution is -2.50. The summed E-state index contributed by atoms with van der Waals surface area (Å²) in [6, 6.07) is 15.3. The smallest absolute Gasteiger partial charge is 0.255 e. The lowest BCUT2D eigenvalue weighted by atomic mass is 10.0. The minimum atomic E-state index is -0.750. The van der Waals surface area contributed by atoms with Crippen LogP contribution in [0.25, 0.3) is 0 Å². The SMILES string of the molecule is O=CCCCC(=O)NCCCCC1CN2CCNC(=O)c3cccc(c3O)C(=O)NCCN(CCNC(=O)c3cccc(c3O)C(=O)N1)CCN1CCNC(=O)c3cccc(c3O)C(=O)NCCN(CC2)CC(CCCCNC(=S)NF)NC(=O)c2cccc(c2O)C(=O)NCC1. The van der Waals surface area contributed by atoms with E-state index in [1.54, 1.807) is 0 Å². The molecule has 4 aromatic carbocycles. The first-order valence-corrected chi connectivity index (χ1v) is 33.1. The van der Waals surface area contributed by atoms with Crippen LogP contribution >= 0.6 is 12.2 Å². The van der Waals surface area contributed by atoms with Gasteiger partial charge in [-0.15, -0.1) is 4.48 Å². The van der Waals surface area contributed by atoms with Crippen molar-refractivity contribution in [2.75, 3.05) is 131 Å². The number of rotatable bonds is 14. The lowest BCUT2D eigenvalue weighted by molar-refractivity contribution is -0.121. The van der Waals surface area contributed by atoms with Gasteiger partial charge in [0.25, 0.3) is 47.3 Å². The van der Waals surface area contributed by atoms with E-state index in [2.05, 4.69) is 53.2 Å². The molecule has 15 N–H and O–H groups in total. The Bertz CT molecular complexity index is 3440. The molecule has 0 fully saturated rings. The highest BCUT2D eigenvalue weighted by atomic mass is 32.1. The highest BCUT2D eigenvalue weighted by Crippen LogP contribution is 2.27. The van der Waals surface area contributed by atoms with Crippen LogP contribution in [0, 0.1) is 0 Å². The second-order valence-corrected chi connectivity index (χ2v) is 24.1. The van der Waals surface area contributed by atoms with Crippen molar-refractivity contribution < 1.29 is 72.9 Å². The molecule has 6 atom stereocenters. The van der Waals surface area contributed by atoms with Gasteiger partial charge in [-0.1, -0.05) is 24.3 Å². The number of aromatic hydroxyl groups is 4. The van der Waals surface area contributed by atoms with Crippen molar-refractivity contribution in [2.45, 2.75) is 69.9 Å². The molecule has 524 valence electrons. The first-order chi connectivity index (χ1) is 46.8. The summed E-state index contributed by atoms with van der Waals surface area (Å²) in [6.07, 6.45) is 3.81. The average molecular weight is 1370 g/mol. The van der Waals surface area contributed by atoms with Gasteiger partial charge in [0.1, 0.15) is 29.3 Å². The summed E-state index contributed by atoms with van der Waals surface area (Å²) in [4.78, 5) is 144. The molecule has 4 aliphatic rings. The van der Waals surface area contributed by atoms with Gasteiger partial charge in [0, 0.05) is 156 Å². The normalized spacial score (nSPS) is 21.0. The van der Waals surface area contributed by atoms with Crippen molar-refractivity contribution >= 4 is 76.8 Å². The molecule has 0 saturated carbocycles. The molecule has 4 heterocycles. The van der Waals surface area contributed by atoms with Crippen LogP contribution in [0.5, 0.6) is 23.0 Å². The third-order valence-electron chi connectivity index (χ3n) is 16.9. The number of hydrogen-bond acceptors (Lipinski definition) is 19. The van der Waals surface area contributed by atoms with Crippen LogP contribution in [0.3, 0.4) is 0 Å². The van der Waals surface area contributed by atoms with E-state index in [0.717, 1.165) is 6.29 Å². The number of hydrogen-bond donors (Lipinski definition) is 15. The molecular weight excluding hydrogens is 1280 g/mol. The van der Waals surface area contributed by atoms with Crippen molar-refractivity contribution in [1.82, 2.24) is 78.3 Å². The van der Waals surface area contributed by atoms with Crippen LogP contribution in [0.15, 0.2) is 72.8 Å². The van der Waals surface area contributed by atoms with Gasteiger partial charge in [0.05, 0.1) is 44.5 Å². The van der Waals surface area contributed by atoms with Crippen molar-refractivity contribution in [2.24, 2.45) is 0 Å². The van der Waals surface area contributed by atoms with Gasteiger partial charge in [-0.2, -0.15) is 5.54 Å². The predicted octanol–water partition coefficient (Wildman–Crippen LogP) is 0.609. The first kappa shape index (κ1) is 74.8. The fraction of sp³-hybridized carbons (Fsp3) is 0.470. The van der Waals surface area contributed by atoms with Crippen LogP contribution in [-0.4, -0.2) is 248 Å². The Hall–Kier alpha value is -9.56. The number of nitrogens with one attached hydrogen (secondary N) is 11. The number of phenolic OH excluding ortho intramolecular Hbond substituents is 4. The monoisotopic (exact) mass is 1370 g/mol. The maximum absolute atomic E-state index is 14.6. The number of carbonyl (C=O) groups is 10. The minimum Gasteiger partial charge on any atom is -0.506 e. The van der Waals surface area contributed by atoms with E-state index in [4.69, 9.17) is 12.2 Å². The number of phenols is 4. The van der Waals surface area contributed by atoms with Crippen LogP contribution in [-0.2, 0) is 9.59 Å². The zero-order valence-corrected chi connectivity index (χ0v) is 54.9. The summed E-state index contributed by atoms with van der Waals surface area (Å²) in [5, 5.41) is 75.1. The third-order valence-corrected chi connectivity index (χ3v) is 17.1. The molecule has 6 unspecified atom stereocenters. The minimum absolute atomic E-state index is 0.0170. The number of halogens is 1. The third kappa shape index (κ3) is 23.1. The van der Waals surface area contributed by atoms with E-state index in [0.29, 0.717) is 32.1 Å². The number of fused-ring (bicyclic) bond motifs is 16. The van der Waals surface area contributed by atoms with Gasteiger partial charge in [-0.3, -0.25) is 62.8 Å². The summed E-state index contributed by atoms with van der Waals surface area (Å²) in [5.41, 5.74) is -0.194. The zero-order valence-electron chi connectivity index (χ0n) is 54.1. The van der Waals surface area contributed by atoms with Gasteiger partial charge >= 0.3 is 0 Å². The molecule has 8 rings (SSSR count). The molecule has 4 aromatic rings. The molecule has 97 heavy (non-hydrogen) atoms. The zero-order chi connectivity index (χ0) is 69.6. The van der Waals surface area contributed by atoms with Gasteiger partial charge in [0.15, 0.2) is 5.11 Å². The summed E-state index contributed by atoms with van der Waals surface area (Å²) in [5.74, 6) is -8.25. The number of para-hydroxylation sites is 4. The highest BCUT2D eigenvalue weighted by molar-refractivity contribution is 7.80. The summed E-state index contributed by atoms with van der Waals surface area (Å²) >= 11 is 4.93. The Morgan fingerprint density at radius 2 is 0.722 bits per heavy atom. The number of benzene rings is 4.